The van der Waals surface area contributed by atoms with Gasteiger partial charge in [-0.3, -0.25) is 4.90 Å². The highest BCUT2D eigenvalue weighted by Crippen LogP contribution is 2.47. The molecule has 1 saturated carbocycles. The smallest absolute Gasteiger partial charge is 0.247 e. The van der Waals surface area contributed by atoms with Crippen molar-refractivity contribution < 1.29 is 23.4 Å². The Bertz CT molecular complexity index is 1710. The first-order valence-electron chi connectivity index (χ1n) is 14.9. The zero-order valence-electron chi connectivity index (χ0n) is 23.9. The Morgan fingerprint density at radius 1 is 1.16 bits per heavy atom. The van der Waals surface area contributed by atoms with Gasteiger partial charge in [0.05, 0.1) is 31.6 Å². The van der Waals surface area contributed by atoms with Gasteiger partial charge >= 0.3 is 0 Å². The van der Waals surface area contributed by atoms with E-state index in [0.29, 0.717) is 78.7 Å². The number of rotatable bonds is 8. The first-order chi connectivity index (χ1) is 20.9. The summed E-state index contributed by atoms with van der Waals surface area (Å²) in [7, 11) is 0. The lowest BCUT2D eigenvalue weighted by Crippen LogP contribution is -2.32. The van der Waals surface area contributed by atoms with E-state index in [0.717, 1.165) is 38.9 Å². The van der Waals surface area contributed by atoms with Crippen molar-refractivity contribution in [3.63, 3.8) is 0 Å². The summed E-state index contributed by atoms with van der Waals surface area (Å²) in [6.45, 7) is 5.41. The summed E-state index contributed by atoms with van der Waals surface area (Å²) in [5.74, 6) is 2.96. The number of hydrogen-bond acceptors (Lipinski definition) is 8. The Morgan fingerprint density at radius 2 is 2.05 bits per heavy atom. The number of imidazole rings is 1. The van der Waals surface area contributed by atoms with Crippen molar-refractivity contribution in [3.8, 4) is 24.0 Å². The summed E-state index contributed by atoms with van der Waals surface area (Å²) in [6, 6.07) is 6.09. The second-order valence-corrected chi connectivity index (χ2v) is 12.0. The molecular weight excluding hydrogens is 554 g/mol. The van der Waals surface area contributed by atoms with E-state index in [1.54, 1.807) is 24.5 Å². The lowest BCUT2D eigenvalue weighted by atomic mass is 9.98. The van der Waals surface area contributed by atoms with Crippen LogP contribution in [0.3, 0.4) is 0 Å². The zero-order valence-corrected chi connectivity index (χ0v) is 23.9. The van der Waals surface area contributed by atoms with Gasteiger partial charge in [-0.1, -0.05) is 12.0 Å². The normalized spacial score (nSPS) is 20.4. The number of benzene rings is 2. The van der Waals surface area contributed by atoms with Gasteiger partial charge in [-0.2, -0.15) is 9.97 Å². The van der Waals surface area contributed by atoms with E-state index in [2.05, 4.69) is 20.7 Å². The van der Waals surface area contributed by atoms with Crippen molar-refractivity contribution in [1.82, 2.24) is 24.4 Å². The molecule has 2 aromatic carbocycles. The Kier molecular flexibility index (Phi) is 7.27. The minimum Gasteiger partial charge on any atom is -0.508 e. The van der Waals surface area contributed by atoms with Gasteiger partial charge < -0.3 is 24.0 Å². The summed E-state index contributed by atoms with van der Waals surface area (Å²) < 4.78 is 42.5. The van der Waals surface area contributed by atoms with Gasteiger partial charge in [0, 0.05) is 50.1 Å². The van der Waals surface area contributed by atoms with E-state index in [4.69, 9.17) is 25.9 Å². The average Bonchev–Trinajstić information content (AvgIpc) is 3.58. The molecule has 0 amide bonds. The molecule has 11 heteroatoms. The number of halogens is 2. The minimum atomic E-state index is -0.751. The van der Waals surface area contributed by atoms with Crippen LogP contribution in [0.5, 0.6) is 11.6 Å². The average molecular weight is 589 g/mol. The number of phenolic OH excluding ortho intramolecular Hbond substituents is 1. The maximum absolute atomic E-state index is 14.7. The molecule has 2 saturated heterocycles. The van der Waals surface area contributed by atoms with E-state index in [9.17, 15) is 13.9 Å². The van der Waals surface area contributed by atoms with Crippen molar-refractivity contribution in [1.29, 1.82) is 0 Å². The fourth-order valence-corrected chi connectivity index (χ4v) is 6.32. The molecule has 0 radical (unpaired) electrons. The van der Waals surface area contributed by atoms with Crippen LogP contribution in [-0.4, -0.2) is 88.2 Å². The largest absolute Gasteiger partial charge is 0.508 e. The van der Waals surface area contributed by atoms with Crippen LogP contribution < -0.4 is 9.64 Å². The summed E-state index contributed by atoms with van der Waals surface area (Å²) in [5.41, 5.74) is 1.85. The molecule has 1 N–H and O–H groups in total. The van der Waals surface area contributed by atoms with Crippen LogP contribution >= 0.6 is 0 Å². The van der Waals surface area contributed by atoms with Gasteiger partial charge in [0.15, 0.2) is 11.2 Å². The summed E-state index contributed by atoms with van der Waals surface area (Å²) in [4.78, 5) is 18.7. The van der Waals surface area contributed by atoms with Gasteiger partial charge in [0.1, 0.15) is 17.7 Å². The first-order valence-corrected chi connectivity index (χ1v) is 14.9. The number of anilines is 1. The molecule has 0 spiro atoms. The minimum absolute atomic E-state index is 0.0172. The second-order valence-electron chi connectivity index (χ2n) is 12.0. The van der Waals surface area contributed by atoms with Crippen LogP contribution in [0, 0.1) is 23.6 Å². The van der Waals surface area contributed by atoms with Crippen LogP contribution in [-0.2, 0) is 11.3 Å². The molecule has 1 aliphatic carbocycles. The van der Waals surface area contributed by atoms with Gasteiger partial charge in [0.25, 0.3) is 0 Å². The summed E-state index contributed by atoms with van der Waals surface area (Å²) in [6.07, 6.45) is 10.1. The predicted octanol–water partition coefficient (Wildman–Crippen LogP) is 4.28. The molecule has 4 aromatic rings. The van der Waals surface area contributed by atoms with Crippen LogP contribution in [0.15, 0.2) is 30.6 Å². The number of fused-ring (bicyclic) bond motifs is 2. The van der Waals surface area contributed by atoms with E-state index < -0.39 is 12.0 Å². The number of likely N-dealkylation sites (tertiary alicyclic amines) is 1. The maximum atomic E-state index is 14.7. The Balaban J connectivity index is 1.25. The highest BCUT2D eigenvalue weighted by Gasteiger charge is 2.46. The maximum Gasteiger partial charge on any atom is 0.247 e. The quantitative estimate of drug-likeness (QED) is 0.305. The Labute approximate surface area is 248 Å². The molecule has 3 fully saturated rings. The number of alkyl halides is 1. The van der Waals surface area contributed by atoms with Crippen molar-refractivity contribution in [3.05, 3.63) is 47.5 Å². The third-order valence-corrected chi connectivity index (χ3v) is 8.79. The van der Waals surface area contributed by atoms with Gasteiger partial charge in [-0.05, 0) is 54.8 Å². The molecule has 7 rings (SSSR count). The topological polar surface area (TPSA) is 88.8 Å². The molecule has 224 valence electrons. The molecule has 2 aliphatic heterocycles. The molecule has 3 aliphatic rings. The monoisotopic (exact) mass is 588 g/mol. The number of hydrogen-bond donors (Lipinski definition) is 1. The second kappa shape index (κ2) is 11.2. The Morgan fingerprint density at radius 3 is 2.84 bits per heavy atom. The van der Waals surface area contributed by atoms with E-state index in [1.807, 2.05) is 4.57 Å². The predicted molar refractivity (Wildman–Crippen MR) is 159 cm³/mol. The molecular formula is C32H34F2N6O3. The molecule has 4 heterocycles. The molecule has 9 nitrogen and oxygen atoms in total. The summed E-state index contributed by atoms with van der Waals surface area (Å²) in [5, 5.41) is 11.7. The van der Waals surface area contributed by atoms with Crippen molar-refractivity contribution in [2.24, 2.45) is 5.41 Å². The number of terminal acetylenes is 1. The lowest BCUT2D eigenvalue weighted by Gasteiger charge is -2.24. The third kappa shape index (κ3) is 5.57. The van der Waals surface area contributed by atoms with Crippen LogP contribution in [0.2, 0.25) is 0 Å². The number of aromatic nitrogens is 4. The van der Waals surface area contributed by atoms with Crippen molar-refractivity contribution in [2.75, 3.05) is 57.4 Å². The van der Waals surface area contributed by atoms with Gasteiger partial charge in [-0.25, -0.2) is 13.8 Å². The molecule has 2 aromatic heterocycles. The van der Waals surface area contributed by atoms with Gasteiger partial charge in [-0.15, -0.1) is 6.42 Å². The van der Waals surface area contributed by atoms with E-state index in [1.165, 1.54) is 6.07 Å². The number of ether oxygens (including phenoxy) is 2. The molecule has 1 atom stereocenters. The van der Waals surface area contributed by atoms with Gasteiger partial charge in [0.2, 0.25) is 11.8 Å². The fraction of sp³-hybridized carbons (Fsp3) is 0.469. The van der Waals surface area contributed by atoms with E-state index >= 15 is 0 Å². The van der Waals surface area contributed by atoms with Crippen molar-refractivity contribution >= 4 is 27.9 Å². The van der Waals surface area contributed by atoms with E-state index in [-0.39, 0.29) is 23.3 Å². The van der Waals surface area contributed by atoms with Crippen LogP contribution in [0.1, 0.15) is 36.8 Å². The number of phenols is 1. The number of aromatic hydroxyl groups is 1. The first kappa shape index (κ1) is 27.8. The SMILES string of the molecule is C#Cc1c(F)ccc2cc(O)cc(Cn3cnc4c(OCC5(CN6CC[C@H](F)C6)CC5)nc(N5CCCOCC5)nc43)c12. The van der Waals surface area contributed by atoms with Crippen LogP contribution in [0.25, 0.3) is 21.9 Å². The molecule has 0 unspecified atom stereocenters. The van der Waals surface area contributed by atoms with Crippen LogP contribution in [0.4, 0.5) is 14.7 Å². The highest BCUT2D eigenvalue weighted by atomic mass is 19.1. The standard InChI is InChI=1S/C32H34F2N6O3/c1-2-25-26(34)5-4-21-14-24(41)15-22(27(21)25)16-40-20-35-28-29(40)36-31(39-9-3-12-42-13-11-39)37-30(28)43-19-32(7-8-32)18-38-10-6-23(33)17-38/h1,4-5,14-15,20,23,41H,3,6-13,16-19H2/t23-/m0/s1. The summed E-state index contributed by atoms with van der Waals surface area (Å²) >= 11 is 0. The lowest BCUT2D eigenvalue weighted by molar-refractivity contribution is 0.152. The highest BCUT2D eigenvalue weighted by molar-refractivity contribution is 5.92. The number of nitrogens with zero attached hydrogens (tertiary/aromatic N) is 6. The fourth-order valence-electron chi connectivity index (χ4n) is 6.32. The molecule has 43 heavy (non-hydrogen) atoms. The molecule has 0 bridgehead atoms. The zero-order chi connectivity index (χ0) is 29.6. The third-order valence-electron chi connectivity index (χ3n) is 8.79. The Hall–Kier alpha value is -4.01. The van der Waals surface area contributed by atoms with Crippen molar-refractivity contribution in [2.45, 2.75) is 38.4 Å².